The molecular formula is C15H25F3O2. The standard InChI is InChI=1S/C15H25F3O2/c1-11-4-6-13(7-5-11)14-19-9-12(10-20-14)3-2-8-15(16,17)18/h11-14H,2-10H2,1H3/t11?,12-,13?,14-. The maximum absolute atomic E-state index is 12.1. The normalized spacial score (nSPS) is 36.0. The minimum absolute atomic E-state index is 0.121. The number of hydrogen-bond acceptors (Lipinski definition) is 2. The zero-order chi connectivity index (χ0) is 14.6. The Hall–Kier alpha value is -0.290. The van der Waals surface area contributed by atoms with E-state index in [0.717, 1.165) is 18.8 Å². The Morgan fingerprint density at radius 3 is 2.15 bits per heavy atom. The van der Waals surface area contributed by atoms with Crippen molar-refractivity contribution >= 4 is 0 Å². The first-order valence-corrected chi connectivity index (χ1v) is 7.74. The molecule has 1 heterocycles. The number of rotatable bonds is 4. The van der Waals surface area contributed by atoms with Crippen LogP contribution in [-0.2, 0) is 9.47 Å². The summed E-state index contributed by atoms with van der Waals surface area (Å²) in [5, 5.41) is 0. The molecule has 0 aromatic heterocycles. The van der Waals surface area contributed by atoms with E-state index in [9.17, 15) is 13.2 Å². The van der Waals surface area contributed by atoms with Gasteiger partial charge in [-0.05, 0) is 31.6 Å². The van der Waals surface area contributed by atoms with Crippen molar-refractivity contribution < 1.29 is 22.6 Å². The zero-order valence-electron chi connectivity index (χ0n) is 12.1. The Bertz CT molecular complexity index is 277. The van der Waals surface area contributed by atoms with E-state index in [4.69, 9.17) is 9.47 Å². The lowest BCUT2D eigenvalue weighted by Gasteiger charge is -2.37. The summed E-state index contributed by atoms with van der Waals surface area (Å²) < 4.78 is 47.7. The van der Waals surface area contributed by atoms with Gasteiger partial charge in [0.25, 0.3) is 0 Å². The van der Waals surface area contributed by atoms with Gasteiger partial charge in [-0.3, -0.25) is 0 Å². The fraction of sp³-hybridized carbons (Fsp3) is 1.00. The van der Waals surface area contributed by atoms with Gasteiger partial charge in [-0.1, -0.05) is 19.8 Å². The second-order valence-electron chi connectivity index (χ2n) is 6.43. The lowest BCUT2D eigenvalue weighted by atomic mass is 9.82. The number of alkyl halides is 3. The van der Waals surface area contributed by atoms with Crippen LogP contribution < -0.4 is 0 Å². The van der Waals surface area contributed by atoms with Gasteiger partial charge in [0.05, 0.1) is 13.2 Å². The Balaban J connectivity index is 1.62. The van der Waals surface area contributed by atoms with Gasteiger partial charge in [-0.2, -0.15) is 13.2 Å². The molecule has 0 N–H and O–H groups in total. The first-order valence-electron chi connectivity index (χ1n) is 7.74. The summed E-state index contributed by atoms with van der Waals surface area (Å²) in [6, 6.07) is 0. The molecule has 0 spiro atoms. The predicted octanol–water partition coefficient (Wildman–Crippen LogP) is 4.53. The molecule has 118 valence electrons. The third kappa shape index (κ3) is 5.24. The van der Waals surface area contributed by atoms with Crippen molar-refractivity contribution in [3.63, 3.8) is 0 Å². The lowest BCUT2D eigenvalue weighted by molar-refractivity contribution is -0.230. The van der Waals surface area contributed by atoms with Crippen molar-refractivity contribution in [1.82, 2.24) is 0 Å². The van der Waals surface area contributed by atoms with Gasteiger partial charge in [-0.25, -0.2) is 0 Å². The Kier molecular flexibility index (Phi) is 5.73. The molecule has 0 amide bonds. The van der Waals surface area contributed by atoms with Crippen molar-refractivity contribution in [2.45, 2.75) is 64.3 Å². The van der Waals surface area contributed by atoms with E-state index in [1.165, 1.54) is 12.8 Å². The van der Waals surface area contributed by atoms with E-state index >= 15 is 0 Å². The van der Waals surface area contributed by atoms with Gasteiger partial charge in [0.2, 0.25) is 0 Å². The van der Waals surface area contributed by atoms with E-state index < -0.39 is 12.6 Å². The van der Waals surface area contributed by atoms with E-state index in [-0.39, 0.29) is 18.6 Å². The molecule has 5 heteroatoms. The third-order valence-electron chi connectivity index (χ3n) is 4.51. The minimum Gasteiger partial charge on any atom is -0.352 e. The average molecular weight is 294 g/mol. The minimum atomic E-state index is -4.04. The average Bonchev–Trinajstić information content (AvgIpc) is 2.39. The molecule has 0 bridgehead atoms. The quantitative estimate of drug-likeness (QED) is 0.758. The largest absolute Gasteiger partial charge is 0.389 e. The molecule has 2 nitrogen and oxygen atoms in total. The molecule has 0 aromatic rings. The van der Waals surface area contributed by atoms with Crippen LogP contribution in [-0.4, -0.2) is 25.7 Å². The van der Waals surface area contributed by atoms with Crippen molar-refractivity contribution in [3.05, 3.63) is 0 Å². The Morgan fingerprint density at radius 1 is 1.00 bits per heavy atom. The highest BCUT2D eigenvalue weighted by Crippen LogP contribution is 2.34. The predicted molar refractivity (Wildman–Crippen MR) is 70.2 cm³/mol. The SMILES string of the molecule is CC1CCC([C@H]2OC[C@H](CCCC(F)(F)F)CO2)CC1. The topological polar surface area (TPSA) is 18.5 Å². The maximum atomic E-state index is 12.1. The molecule has 0 radical (unpaired) electrons. The molecule has 2 aliphatic rings. The molecule has 0 aromatic carbocycles. The summed E-state index contributed by atoms with van der Waals surface area (Å²) in [7, 11) is 0. The summed E-state index contributed by atoms with van der Waals surface area (Å²) in [5.74, 6) is 1.39. The van der Waals surface area contributed by atoms with E-state index in [1.54, 1.807) is 0 Å². The summed E-state index contributed by atoms with van der Waals surface area (Å²) in [6.07, 6.45) is 0.577. The van der Waals surface area contributed by atoms with E-state index in [0.29, 0.717) is 25.6 Å². The van der Waals surface area contributed by atoms with Crippen LogP contribution in [0.1, 0.15) is 51.9 Å². The first kappa shape index (κ1) is 16.1. The van der Waals surface area contributed by atoms with E-state index in [1.807, 2.05) is 0 Å². The van der Waals surface area contributed by atoms with Crippen molar-refractivity contribution in [2.75, 3.05) is 13.2 Å². The van der Waals surface area contributed by atoms with Crippen molar-refractivity contribution in [3.8, 4) is 0 Å². The number of halogens is 3. The van der Waals surface area contributed by atoms with Gasteiger partial charge >= 0.3 is 6.18 Å². The van der Waals surface area contributed by atoms with Crippen LogP contribution in [0.2, 0.25) is 0 Å². The summed E-state index contributed by atoms with van der Waals surface area (Å²) in [4.78, 5) is 0. The smallest absolute Gasteiger partial charge is 0.352 e. The molecule has 20 heavy (non-hydrogen) atoms. The van der Waals surface area contributed by atoms with Gasteiger partial charge in [0.15, 0.2) is 6.29 Å². The maximum Gasteiger partial charge on any atom is 0.389 e. The lowest BCUT2D eigenvalue weighted by Crippen LogP contribution is -2.38. The summed E-state index contributed by atoms with van der Waals surface area (Å²) in [5.41, 5.74) is 0. The third-order valence-corrected chi connectivity index (χ3v) is 4.51. The molecular weight excluding hydrogens is 269 g/mol. The summed E-state index contributed by atoms with van der Waals surface area (Å²) in [6.45, 7) is 3.37. The van der Waals surface area contributed by atoms with Crippen LogP contribution in [0.5, 0.6) is 0 Å². The fourth-order valence-electron chi connectivity index (χ4n) is 3.15. The highest BCUT2D eigenvalue weighted by Gasteiger charge is 2.32. The van der Waals surface area contributed by atoms with Gasteiger partial charge in [-0.15, -0.1) is 0 Å². The fourth-order valence-corrected chi connectivity index (χ4v) is 3.15. The molecule has 0 unspecified atom stereocenters. The van der Waals surface area contributed by atoms with Crippen molar-refractivity contribution in [1.29, 1.82) is 0 Å². The Labute approximate surface area is 119 Å². The van der Waals surface area contributed by atoms with Crippen LogP contribution in [0.3, 0.4) is 0 Å². The monoisotopic (exact) mass is 294 g/mol. The molecule has 1 aliphatic heterocycles. The molecule has 1 aliphatic carbocycles. The second kappa shape index (κ2) is 7.12. The van der Waals surface area contributed by atoms with Crippen LogP contribution in [0.4, 0.5) is 13.2 Å². The molecule has 1 saturated carbocycles. The highest BCUT2D eigenvalue weighted by molar-refractivity contribution is 4.75. The molecule has 1 saturated heterocycles. The Morgan fingerprint density at radius 2 is 1.60 bits per heavy atom. The zero-order valence-corrected chi connectivity index (χ0v) is 12.1. The van der Waals surface area contributed by atoms with Gasteiger partial charge in [0, 0.05) is 18.3 Å². The molecule has 0 atom stereocenters. The van der Waals surface area contributed by atoms with Crippen LogP contribution >= 0.6 is 0 Å². The summed E-state index contributed by atoms with van der Waals surface area (Å²) >= 11 is 0. The first-order chi connectivity index (χ1) is 9.44. The van der Waals surface area contributed by atoms with Crippen LogP contribution in [0.15, 0.2) is 0 Å². The van der Waals surface area contributed by atoms with Crippen LogP contribution in [0.25, 0.3) is 0 Å². The van der Waals surface area contributed by atoms with Crippen LogP contribution in [0, 0.1) is 17.8 Å². The van der Waals surface area contributed by atoms with E-state index in [2.05, 4.69) is 6.92 Å². The molecule has 2 fully saturated rings. The highest BCUT2D eigenvalue weighted by atomic mass is 19.4. The van der Waals surface area contributed by atoms with Crippen molar-refractivity contribution in [2.24, 2.45) is 17.8 Å². The number of ether oxygens (including phenoxy) is 2. The van der Waals surface area contributed by atoms with Gasteiger partial charge < -0.3 is 9.47 Å². The van der Waals surface area contributed by atoms with Gasteiger partial charge in [0.1, 0.15) is 0 Å². The second-order valence-corrected chi connectivity index (χ2v) is 6.43. The number of hydrogen-bond donors (Lipinski definition) is 0. The molecule has 2 rings (SSSR count).